The zero-order valence-corrected chi connectivity index (χ0v) is 9.29. The molecule has 0 atom stereocenters. The van der Waals surface area contributed by atoms with Crippen LogP contribution >= 0.6 is 0 Å². The molecule has 2 aromatic rings. The average Bonchev–Trinajstić information content (AvgIpc) is 2.75. The largest absolute Gasteiger partial charge is 0.310 e. The summed E-state index contributed by atoms with van der Waals surface area (Å²) in [5.74, 6) is -0.0637. The molecule has 16 heavy (non-hydrogen) atoms. The van der Waals surface area contributed by atoms with Crippen LogP contribution in [0.1, 0.15) is 10.5 Å². The second-order valence-electron chi connectivity index (χ2n) is 3.54. The molecule has 0 unspecified atom stereocenters. The van der Waals surface area contributed by atoms with Crippen LogP contribution < -0.4 is 4.90 Å². The Morgan fingerprint density at radius 1 is 1.25 bits per heavy atom. The van der Waals surface area contributed by atoms with Crippen molar-refractivity contribution < 1.29 is 4.79 Å². The fraction of sp³-hybridized carbons (Fsp3) is 0.167. The van der Waals surface area contributed by atoms with Crippen molar-refractivity contribution in [2.24, 2.45) is 7.05 Å². The molecule has 1 heterocycles. The van der Waals surface area contributed by atoms with Gasteiger partial charge < -0.3 is 4.90 Å². The van der Waals surface area contributed by atoms with Gasteiger partial charge in [-0.1, -0.05) is 18.2 Å². The first kappa shape index (κ1) is 10.4. The molecule has 2 rings (SSSR count). The molecule has 1 aromatic heterocycles. The summed E-state index contributed by atoms with van der Waals surface area (Å²) in [6.45, 7) is 0. The summed E-state index contributed by atoms with van der Waals surface area (Å²) in [6.07, 6.45) is 1.62. The predicted octanol–water partition coefficient (Wildman–Crippen LogP) is 1.70. The third-order valence-electron chi connectivity index (χ3n) is 2.49. The Hall–Kier alpha value is -2.10. The summed E-state index contributed by atoms with van der Waals surface area (Å²) < 4.78 is 1.57. The summed E-state index contributed by atoms with van der Waals surface area (Å²) in [7, 11) is 3.51. The Bertz CT molecular complexity index is 490. The second kappa shape index (κ2) is 4.18. The number of rotatable bonds is 2. The molecule has 0 aliphatic carbocycles. The van der Waals surface area contributed by atoms with E-state index < -0.39 is 0 Å². The van der Waals surface area contributed by atoms with Crippen LogP contribution in [-0.4, -0.2) is 22.7 Å². The molecule has 0 aliphatic heterocycles. The highest BCUT2D eigenvalue weighted by atomic mass is 16.2. The summed E-state index contributed by atoms with van der Waals surface area (Å²) in [5, 5.41) is 3.98. The van der Waals surface area contributed by atoms with Gasteiger partial charge in [-0.3, -0.25) is 9.48 Å². The van der Waals surface area contributed by atoms with E-state index in [0.717, 1.165) is 5.69 Å². The second-order valence-corrected chi connectivity index (χ2v) is 3.54. The Morgan fingerprint density at radius 2 is 1.94 bits per heavy atom. The molecule has 4 nitrogen and oxygen atoms in total. The molecular formula is C12H13N3O. The summed E-state index contributed by atoms with van der Waals surface area (Å²) >= 11 is 0. The van der Waals surface area contributed by atoms with Crippen LogP contribution in [0.4, 0.5) is 5.69 Å². The lowest BCUT2D eigenvalue weighted by Gasteiger charge is -2.16. The molecule has 1 amide bonds. The maximum absolute atomic E-state index is 12.1. The van der Waals surface area contributed by atoms with Crippen molar-refractivity contribution in [3.63, 3.8) is 0 Å². The lowest BCUT2D eigenvalue weighted by atomic mass is 10.3. The van der Waals surface area contributed by atoms with Gasteiger partial charge in [-0.15, -0.1) is 0 Å². The van der Waals surface area contributed by atoms with Gasteiger partial charge in [-0.25, -0.2) is 0 Å². The van der Waals surface area contributed by atoms with Crippen LogP contribution in [0.2, 0.25) is 0 Å². The van der Waals surface area contributed by atoms with Crippen LogP contribution in [0.5, 0.6) is 0 Å². The molecule has 0 radical (unpaired) electrons. The Kier molecular flexibility index (Phi) is 2.72. The number of hydrogen-bond acceptors (Lipinski definition) is 2. The van der Waals surface area contributed by atoms with Crippen LogP contribution in [0, 0.1) is 0 Å². The Morgan fingerprint density at radius 3 is 2.50 bits per heavy atom. The summed E-state index contributed by atoms with van der Waals surface area (Å²) in [4.78, 5) is 13.7. The molecule has 0 fully saturated rings. The van der Waals surface area contributed by atoms with E-state index >= 15 is 0 Å². The minimum absolute atomic E-state index is 0.0637. The van der Waals surface area contributed by atoms with Gasteiger partial charge in [0.05, 0.1) is 0 Å². The van der Waals surface area contributed by atoms with E-state index in [1.165, 1.54) is 0 Å². The lowest BCUT2D eigenvalue weighted by Crippen LogP contribution is -2.28. The van der Waals surface area contributed by atoms with Gasteiger partial charge in [0.25, 0.3) is 5.91 Å². The highest BCUT2D eigenvalue weighted by molar-refractivity contribution is 6.04. The van der Waals surface area contributed by atoms with Crippen LogP contribution in [0.15, 0.2) is 42.6 Å². The standard InChI is InChI=1S/C12H13N3O/c1-14(10-6-4-3-5-7-10)12(16)11-8-9-13-15(11)2/h3-9H,1-2H3. The molecule has 0 bridgehead atoms. The number of carbonyl (C=O) groups is 1. The van der Waals surface area contributed by atoms with Gasteiger partial charge in [0.15, 0.2) is 0 Å². The van der Waals surface area contributed by atoms with Gasteiger partial charge in [-0.2, -0.15) is 5.10 Å². The fourth-order valence-corrected chi connectivity index (χ4v) is 1.52. The van der Waals surface area contributed by atoms with E-state index in [0.29, 0.717) is 5.69 Å². The van der Waals surface area contributed by atoms with E-state index in [9.17, 15) is 4.79 Å². The van der Waals surface area contributed by atoms with Gasteiger partial charge in [0, 0.05) is 26.0 Å². The first-order valence-corrected chi connectivity index (χ1v) is 5.01. The quantitative estimate of drug-likeness (QED) is 0.764. The summed E-state index contributed by atoms with van der Waals surface area (Å²) in [6, 6.07) is 11.2. The smallest absolute Gasteiger partial charge is 0.276 e. The molecule has 0 spiro atoms. The van der Waals surface area contributed by atoms with Crippen molar-refractivity contribution in [1.82, 2.24) is 9.78 Å². The minimum atomic E-state index is -0.0637. The first-order chi connectivity index (χ1) is 7.70. The van der Waals surface area contributed by atoms with Crippen molar-refractivity contribution >= 4 is 11.6 Å². The van der Waals surface area contributed by atoms with Crippen molar-refractivity contribution in [2.75, 3.05) is 11.9 Å². The van der Waals surface area contributed by atoms with Gasteiger partial charge in [-0.05, 0) is 18.2 Å². The molecule has 0 aliphatic rings. The highest BCUT2D eigenvalue weighted by Gasteiger charge is 2.15. The van der Waals surface area contributed by atoms with E-state index in [1.807, 2.05) is 30.3 Å². The van der Waals surface area contributed by atoms with E-state index in [2.05, 4.69) is 5.10 Å². The third kappa shape index (κ3) is 1.82. The normalized spacial score (nSPS) is 10.1. The number of aryl methyl sites for hydroxylation is 1. The number of amides is 1. The fourth-order valence-electron chi connectivity index (χ4n) is 1.52. The highest BCUT2D eigenvalue weighted by Crippen LogP contribution is 2.14. The monoisotopic (exact) mass is 215 g/mol. The molecule has 82 valence electrons. The van der Waals surface area contributed by atoms with Gasteiger partial charge in [0.2, 0.25) is 0 Å². The number of benzene rings is 1. The SMILES string of the molecule is CN(C(=O)c1ccnn1C)c1ccccc1. The number of anilines is 1. The number of hydrogen-bond donors (Lipinski definition) is 0. The van der Waals surface area contributed by atoms with Crippen molar-refractivity contribution in [1.29, 1.82) is 0 Å². The van der Waals surface area contributed by atoms with Gasteiger partial charge in [0.1, 0.15) is 5.69 Å². The maximum Gasteiger partial charge on any atom is 0.276 e. The molecule has 4 heteroatoms. The van der Waals surface area contributed by atoms with Crippen LogP contribution in [0.25, 0.3) is 0 Å². The first-order valence-electron chi connectivity index (χ1n) is 5.01. The van der Waals surface area contributed by atoms with E-state index in [1.54, 1.807) is 35.9 Å². The van der Waals surface area contributed by atoms with Gasteiger partial charge >= 0.3 is 0 Å². The van der Waals surface area contributed by atoms with Crippen molar-refractivity contribution in [2.45, 2.75) is 0 Å². The van der Waals surface area contributed by atoms with Crippen LogP contribution in [0.3, 0.4) is 0 Å². The summed E-state index contributed by atoms with van der Waals surface area (Å²) in [5.41, 5.74) is 1.44. The van der Waals surface area contributed by atoms with Crippen LogP contribution in [-0.2, 0) is 7.05 Å². The zero-order valence-electron chi connectivity index (χ0n) is 9.29. The predicted molar refractivity (Wildman–Crippen MR) is 62.4 cm³/mol. The lowest BCUT2D eigenvalue weighted by molar-refractivity contribution is 0.0984. The Balaban J connectivity index is 2.27. The zero-order chi connectivity index (χ0) is 11.5. The van der Waals surface area contributed by atoms with Crippen molar-refractivity contribution in [3.05, 3.63) is 48.3 Å². The molecule has 0 N–H and O–H groups in total. The molecule has 1 aromatic carbocycles. The number of aromatic nitrogens is 2. The number of nitrogens with zero attached hydrogens (tertiary/aromatic N) is 3. The number of carbonyl (C=O) groups excluding carboxylic acids is 1. The van der Waals surface area contributed by atoms with E-state index in [-0.39, 0.29) is 5.91 Å². The van der Waals surface area contributed by atoms with Crippen molar-refractivity contribution in [3.8, 4) is 0 Å². The molecule has 0 saturated carbocycles. The molecular weight excluding hydrogens is 202 g/mol. The van der Waals surface area contributed by atoms with E-state index in [4.69, 9.17) is 0 Å². The number of para-hydroxylation sites is 1. The third-order valence-corrected chi connectivity index (χ3v) is 2.49. The Labute approximate surface area is 94.1 Å². The minimum Gasteiger partial charge on any atom is -0.310 e. The average molecular weight is 215 g/mol. The molecule has 0 saturated heterocycles. The topological polar surface area (TPSA) is 38.1 Å². The maximum atomic E-state index is 12.1.